The van der Waals surface area contributed by atoms with E-state index < -0.39 is 12.5 Å². The van der Waals surface area contributed by atoms with Crippen molar-refractivity contribution >= 4 is 58.0 Å². The molecule has 246 valence electrons. The molecular formula is C40H38BN3O4S. The van der Waals surface area contributed by atoms with Crippen LogP contribution in [0.25, 0.3) is 27.7 Å². The van der Waals surface area contributed by atoms with Gasteiger partial charge in [-0.25, -0.2) is 0 Å². The average molecular weight is 668 g/mol. The van der Waals surface area contributed by atoms with E-state index in [-0.39, 0.29) is 0 Å². The Morgan fingerprint density at radius 2 is 1.24 bits per heavy atom. The molecule has 1 aromatic heterocycles. The SMILES string of the molecule is C=C(C)C=C(c1ccc(-c2ccc(N(c3ccc(OC)cc3)c3ccc(OC)cc3)cc2)c2nsnc12)C(C)(C)c1ccc(B(O)O)cc1. The smallest absolute Gasteiger partial charge is 0.488 e. The van der Waals surface area contributed by atoms with Crippen molar-refractivity contribution in [3.05, 3.63) is 139 Å². The fraction of sp³-hybridized carbons (Fsp3) is 0.150. The molecule has 0 bridgehead atoms. The molecule has 9 heteroatoms. The molecule has 0 aliphatic rings. The third-order valence-corrected chi connectivity index (χ3v) is 9.33. The summed E-state index contributed by atoms with van der Waals surface area (Å²) in [4.78, 5) is 2.19. The van der Waals surface area contributed by atoms with E-state index in [9.17, 15) is 10.0 Å². The Hall–Kier alpha value is -5.22. The monoisotopic (exact) mass is 667 g/mol. The summed E-state index contributed by atoms with van der Waals surface area (Å²) in [6.07, 6.45) is 2.10. The first kappa shape index (κ1) is 33.7. The third kappa shape index (κ3) is 6.87. The number of nitrogens with zero attached hydrogens (tertiary/aromatic N) is 3. The van der Waals surface area contributed by atoms with Gasteiger partial charge in [0.2, 0.25) is 0 Å². The Kier molecular flexibility index (Phi) is 9.69. The van der Waals surface area contributed by atoms with E-state index in [2.05, 4.69) is 67.8 Å². The van der Waals surface area contributed by atoms with Crippen LogP contribution >= 0.6 is 11.7 Å². The molecule has 0 aliphatic carbocycles. The highest BCUT2D eigenvalue weighted by Crippen LogP contribution is 2.43. The second-order valence-electron chi connectivity index (χ2n) is 12.4. The van der Waals surface area contributed by atoms with Crippen molar-refractivity contribution in [2.45, 2.75) is 26.2 Å². The van der Waals surface area contributed by atoms with Crippen molar-refractivity contribution in [2.24, 2.45) is 0 Å². The number of rotatable bonds is 11. The molecule has 1 heterocycles. The van der Waals surface area contributed by atoms with Crippen LogP contribution in [-0.2, 0) is 5.41 Å². The fourth-order valence-corrected chi connectivity index (χ4v) is 6.66. The zero-order chi connectivity index (χ0) is 34.7. The van der Waals surface area contributed by atoms with Crippen LogP contribution in [0, 0.1) is 0 Å². The molecule has 0 saturated carbocycles. The van der Waals surface area contributed by atoms with Gasteiger partial charge in [-0.1, -0.05) is 80.6 Å². The van der Waals surface area contributed by atoms with Crippen LogP contribution in [0.5, 0.6) is 11.5 Å². The number of hydrogen-bond acceptors (Lipinski definition) is 8. The van der Waals surface area contributed by atoms with Crippen LogP contribution in [0.3, 0.4) is 0 Å². The molecule has 6 aromatic rings. The summed E-state index contributed by atoms with van der Waals surface area (Å²) >= 11 is 1.20. The van der Waals surface area contributed by atoms with E-state index >= 15 is 0 Å². The number of anilines is 3. The first-order valence-corrected chi connectivity index (χ1v) is 16.6. The Balaban J connectivity index is 1.39. The maximum absolute atomic E-state index is 9.63. The zero-order valence-electron chi connectivity index (χ0n) is 28.2. The second kappa shape index (κ2) is 14.1. The summed E-state index contributed by atoms with van der Waals surface area (Å²) in [5.74, 6) is 1.59. The molecule has 0 fully saturated rings. The Labute approximate surface area is 291 Å². The zero-order valence-corrected chi connectivity index (χ0v) is 29.0. The summed E-state index contributed by atoms with van der Waals surface area (Å²) in [5.41, 5.74) is 10.6. The van der Waals surface area contributed by atoms with Crippen molar-refractivity contribution in [2.75, 3.05) is 19.1 Å². The fourth-order valence-electron chi connectivity index (χ4n) is 6.09. The molecule has 0 saturated heterocycles. The number of benzene rings is 5. The number of fused-ring (bicyclic) bond motifs is 1. The molecule has 49 heavy (non-hydrogen) atoms. The van der Waals surface area contributed by atoms with Crippen molar-refractivity contribution < 1.29 is 19.5 Å². The minimum absolute atomic E-state index is 0.447. The second-order valence-corrected chi connectivity index (χ2v) is 13.0. The van der Waals surface area contributed by atoms with Gasteiger partial charge in [0.15, 0.2) is 0 Å². The average Bonchev–Trinajstić information content (AvgIpc) is 3.62. The van der Waals surface area contributed by atoms with Gasteiger partial charge in [0.25, 0.3) is 0 Å². The maximum atomic E-state index is 9.63. The summed E-state index contributed by atoms with van der Waals surface area (Å²) in [6, 6.07) is 36.1. The number of hydrogen-bond donors (Lipinski definition) is 2. The molecule has 0 amide bonds. The predicted octanol–water partition coefficient (Wildman–Crippen LogP) is 8.46. The lowest BCUT2D eigenvalue weighted by Gasteiger charge is -2.30. The van der Waals surface area contributed by atoms with Crippen molar-refractivity contribution in [1.29, 1.82) is 0 Å². The largest absolute Gasteiger partial charge is 0.497 e. The highest BCUT2D eigenvalue weighted by molar-refractivity contribution is 7.00. The van der Waals surface area contributed by atoms with Gasteiger partial charge < -0.3 is 24.4 Å². The van der Waals surface area contributed by atoms with E-state index in [4.69, 9.17) is 18.2 Å². The molecule has 0 atom stereocenters. The van der Waals surface area contributed by atoms with Gasteiger partial charge in [-0.15, -0.1) is 0 Å². The number of allylic oxidation sites excluding steroid dienone is 3. The molecular weight excluding hydrogens is 629 g/mol. The highest BCUT2D eigenvalue weighted by Gasteiger charge is 2.30. The normalized spacial score (nSPS) is 11.8. The standard InChI is InChI=1S/C40H38BN3O4S/c1-26(2)25-37(40(3,4)28-9-11-29(12-10-28)41(45)46)36-24-23-35(38-39(36)43-49-42-38)27-7-13-30(14-8-27)44(31-15-19-33(47-5)20-16-31)32-17-21-34(48-6)22-18-32/h7-25,45-46H,1H2,2-6H3. The molecule has 0 radical (unpaired) electrons. The topological polar surface area (TPSA) is 87.9 Å². The van der Waals surface area contributed by atoms with E-state index in [1.807, 2.05) is 67.6 Å². The number of methoxy groups -OCH3 is 2. The van der Waals surface area contributed by atoms with E-state index in [0.717, 1.165) is 73.0 Å². The van der Waals surface area contributed by atoms with Crippen LogP contribution in [0.1, 0.15) is 31.9 Å². The molecule has 0 spiro atoms. The predicted molar refractivity (Wildman–Crippen MR) is 203 cm³/mol. The maximum Gasteiger partial charge on any atom is 0.488 e. The van der Waals surface area contributed by atoms with Gasteiger partial charge in [-0.3, -0.25) is 0 Å². The summed E-state index contributed by atoms with van der Waals surface area (Å²) in [5, 5.41) is 19.3. The van der Waals surface area contributed by atoms with Crippen LogP contribution < -0.4 is 19.8 Å². The van der Waals surface area contributed by atoms with E-state index in [1.165, 1.54) is 11.7 Å². The van der Waals surface area contributed by atoms with Crippen LogP contribution in [0.15, 0.2) is 127 Å². The minimum Gasteiger partial charge on any atom is -0.497 e. The summed E-state index contributed by atoms with van der Waals surface area (Å²) < 4.78 is 20.4. The summed E-state index contributed by atoms with van der Waals surface area (Å²) in [7, 11) is 1.82. The molecule has 0 aliphatic heterocycles. The third-order valence-electron chi connectivity index (χ3n) is 8.80. The van der Waals surface area contributed by atoms with E-state index in [1.54, 1.807) is 26.4 Å². The van der Waals surface area contributed by atoms with Crippen molar-refractivity contribution in [1.82, 2.24) is 8.75 Å². The lowest BCUT2D eigenvalue weighted by Crippen LogP contribution is -2.30. The van der Waals surface area contributed by atoms with Crippen LogP contribution in [0.2, 0.25) is 0 Å². The van der Waals surface area contributed by atoms with Gasteiger partial charge in [-0.2, -0.15) is 8.75 Å². The highest BCUT2D eigenvalue weighted by atomic mass is 32.1. The number of ether oxygens (including phenoxy) is 2. The van der Waals surface area contributed by atoms with Gasteiger partial charge in [0.1, 0.15) is 22.5 Å². The first-order valence-electron chi connectivity index (χ1n) is 15.9. The van der Waals surface area contributed by atoms with Gasteiger partial charge in [-0.05, 0) is 89.8 Å². The Bertz CT molecular complexity index is 2060. The van der Waals surface area contributed by atoms with Crippen LogP contribution in [-0.4, -0.2) is 40.1 Å². The van der Waals surface area contributed by atoms with Gasteiger partial charge in [0.05, 0.1) is 25.9 Å². The van der Waals surface area contributed by atoms with E-state index in [0.29, 0.717) is 5.46 Å². The van der Waals surface area contributed by atoms with Gasteiger partial charge in [0, 0.05) is 33.6 Å². The molecule has 5 aromatic carbocycles. The molecule has 6 rings (SSSR count). The lowest BCUT2D eigenvalue weighted by atomic mass is 9.72. The summed E-state index contributed by atoms with van der Waals surface area (Å²) in [6.45, 7) is 10.5. The first-order chi connectivity index (χ1) is 23.6. The quantitative estimate of drug-likeness (QED) is 0.106. The van der Waals surface area contributed by atoms with Gasteiger partial charge >= 0.3 is 7.12 Å². The molecule has 2 N–H and O–H groups in total. The molecule has 0 unspecified atom stereocenters. The lowest BCUT2D eigenvalue weighted by molar-refractivity contribution is 0.415. The minimum atomic E-state index is -1.52. The van der Waals surface area contributed by atoms with Crippen LogP contribution in [0.4, 0.5) is 17.1 Å². The van der Waals surface area contributed by atoms with Crippen molar-refractivity contribution in [3.8, 4) is 22.6 Å². The number of aromatic nitrogens is 2. The Morgan fingerprint density at radius 1 is 0.735 bits per heavy atom. The van der Waals surface area contributed by atoms with Crippen molar-refractivity contribution in [3.63, 3.8) is 0 Å². The molecule has 7 nitrogen and oxygen atoms in total. The Morgan fingerprint density at radius 3 is 1.73 bits per heavy atom.